The monoisotopic (exact) mass is 489 g/mol. The van der Waals surface area contributed by atoms with Crippen molar-refractivity contribution in [3.8, 4) is 5.75 Å². The van der Waals surface area contributed by atoms with E-state index in [1.54, 1.807) is 16.7 Å². The van der Waals surface area contributed by atoms with Crippen molar-refractivity contribution in [1.82, 2.24) is 25.2 Å². The second-order valence-electron chi connectivity index (χ2n) is 9.37. The molecule has 1 N–H and O–H groups in total. The van der Waals surface area contributed by atoms with Crippen LogP contribution in [0.25, 0.3) is 0 Å². The summed E-state index contributed by atoms with van der Waals surface area (Å²) in [5.41, 5.74) is 4.27. The smallest absolute Gasteiger partial charge is 0.276 e. The number of rotatable bonds is 6. The molecule has 0 unspecified atom stereocenters. The van der Waals surface area contributed by atoms with Gasteiger partial charge in [0.2, 0.25) is 5.91 Å². The summed E-state index contributed by atoms with van der Waals surface area (Å²) < 4.78 is 13.2. The molecule has 2 aliphatic heterocycles. The van der Waals surface area contributed by atoms with Gasteiger partial charge in [0.15, 0.2) is 5.69 Å². The van der Waals surface area contributed by atoms with Crippen LogP contribution in [0.5, 0.6) is 5.75 Å². The molecular formula is C27H31N5O4. The van der Waals surface area contributed by atoms with Crippen molar-refractivity contribution in [3.05, 3.63) is 76.6 Å². The average Bonchev–Trinajstić information content (AvgIpc) is 3.35. The summed E-state index contributed by atoms with van der Waals surface area (Å²) in [6.07, 6.45) is 1.10. The van der Waals surface area contributed by atoms with Crippen LogP contribution in [0, 0.1) is 12.8 Å². The van der Waals surface area contributed by atoms with Gasteiger partial charge in [0.05, 0.1) is 26.0 Å². The highest BCUT2D eigenvalue weighted by Crippen LogP contribution is 2.28. The Morgan fingerprint density at radius 1 is 1.11 bits per heavy atom. The number of hydrogen-bond acceptors (Lipinski definition) is 6. The van der Waals surface area contributed by atoms with Crippen molar-refractivity contribution in [3.63, 3.8) is 0 Å². The van der Waals surface area contributed by atoms with Crippen LogP contribution in [0.4, 0.5) is 0 Å². The Balaban J connectivity index is 1.15. The third-order valence-corrected chi connectivity index (χ3v) is 7.05. The second-order valence-corrected chi connectivity index (χ2v) is 9.37. The fraction of sp³-hybridized carbons (Fsp3) is 0.407. The number of nitrogens with one attached hydrogen (secondary N) is 1. The van der Waals surface area contributed by atoms with Gasteiger partial charge in [0.25, 0.3) is 5.91 Å². The van der Waals surface area contributed by atoms with E-state index in [0.717, 1.165) is 16.9 Å². The third kappa shape index (κ3) is 4.97. The number of fused-ring (bicyclic) bond motifs is 1. The van der Waals surface area contributed by atoms with E-state index in [2.05, 4.69) is 46.8 Å². The molecular weight excluding hydrogens is 458 g/mol. The molecule has 3 heterocycles. The summed E-state index contributed by atoms with van der Waals surface area (Å²) >= 11 is 0. The van der Waals surface area contributed by atoms with Crippen LogP contribution in [0.3, 0.4) is 0 Å². The highest BCUT2D eigenvalue weighted by atomic mass is 16.5. The van der Waals surface area contributed by atoms with Crippen molar-refractivity contribution in [1.29, 1.82) is 0 Å². The van der Waals surface area contributed by atoms with Crippen LogP contribution < -0.4 is 10.1 Å². The normalized spacial score (nSPS) is 17.9. The molecule has 1 atom stereocenters. The number of aromatic nitrogens is 3. The number of likely N-dealkylation sites (tertiary alicyclic amines) is 1. The predicted molar refractivity (Wildman–Crippen MR) is 132 cm³/mol. The first-order chi connectivity index (χ1) is 17.5. The van der Waals surface area contributed by atoms with Gasteiger partial charge < -0.3 is 19.7 Å². The lowest BCUT2D eigenvalue weighted by atomic mass is 9.95. The summed E-state index contributed by atoms with van der Waals surface area (Å²) in [7, 11) is 1.62. The molecule has 2 aliphatic rings. The Hall–Kier alpha value is -3.72. The lowest BCUT2D eigenvalue weighted by Gasteiger charge is -2.31. The topological polar surface area (TPSA) is 98.6 Å². The standard InChI is InChI=1S/C27H31N5O4/c1-18-7-9-19(10-8-18)24-16-32-22(17-36-24)25(29-30-32)27(34)31-13-11-20(12-14-31)26(33)28-15-21-5-3-4-6-23(21)35-2/h3-10,20,24H,11-17H2,1-2H3,(H,28,33)/t24-/m1/s1. The predicted octanol–water partition coefficient (Wildman–Crippen LogP) is 3.04. The van der Waals surface area contributed by atoms with E-state index in [1.165, 1.54) is 5.56 Å². The van der Waals surface area contributed by atoms with Crippen molar-refractivity contribution in [2.24, 2.45) is 5.92 Å². The highest BCUT2D eigenvalue weighted by Gasteiger charge is 2.33. The molecule has 0 saturated carbocycles. The number of nitrogens with zero attached hydrogens (tertiary/aromatic N) is 4. The number of carbonyl (C=O) groups is 2. The van der Waals surface area contributed by atoms with E-state index in [1.807, 2.05) is 24.3 Å². The minimum absolute atomic E-state index is 0.00425. The molecule has 0 bridgehead atoms. The number of amides is 2. The zero-order valence-corrected chi connectivity index (χ0v) is 20.6. The third-order valence-electron chi connectivity index (χ3n) is 7.05. The Morgan fingerprint density at radius 2 is 1.86 bits per heavy atom. The molecule has 2 amide bonds. The Morgan fingerprint density at radius 3 is 2.61 bits per heavy atom. The zero-order chi connectivity index (χ0) is 25.1. The van der Waals surface area contributed by atoms with Crippen LogP contribution in [0.1, 0.15) is 51.8 Å². The van der Waals surface area contributed by atoms with Crippen molar-refractivity contribution in [2.45, 2.75) is 45.6 Å². The van der Waals surface area contributed by atoms with Gasteiger partial charge in [0.1, 0.15) is 11.9 Å². The molecule has 5 rings (SSSR count). The summed E-state index contributed by atoms with van der Waals surface area (Å²) in [5, 5.41) is 11.5. The largest absolute Gasteiger partial charge is 0.496 e. The maximum Gasteiger partial charge on any atom is 0.276 e. The molecule has 188 valence electrons. The molecule has 0 spiro atoms. The first kappa shape index (κ1) is 24.0. The number of hydrogen-bond donors (Lipinski definition) is 1. The summed E-state index contributed by atoms with van der Waals surface area (Å²) in [6, 6.07) is 15.9. The summed E-state index contributed by atoms with van der Waals surface area (Å²) in [5.74, 6) is 0.479. The lowest BCUT2D eigenvalue weighted by Crippen LogP contribution is -2.43. The summed E-state index contributed by atoms with van der Waals surface area (Å²) in [6.45, 7) is 4.28. The van der Waals surface area contributed by atoms with Crippen LogP contribution in [-0.2, 0) is 29.2 Å². The Bertz CT molecular complexity index is 1230. The van der Waals surface area contributed by atoms with Crippen molar-refractivity contribution < 1.29 is 19.1 Å². The Kier molecular flexibility index (Phi) is 6.99. The molecule has 0 radical (unpaired) electrons. The molecule has 1 fully saturated rings. The number of benzene rings is 2. The maximum absolute atomic E-state index is 13.2. The second kappa shape index (κ2) is 10.5. The number of ether oxygens (including phenoxy) is 2. The van der Waals surface area contributed by atoms with E-state index in [0.29, 0.717) is 50.4 Å². The van der Waals surface area contributed by atoms with Gasteiger partial charge >= 0.3 is 0 Å². The van der Waals surface area contributed by atoms with E-state index in [9.17, 15) is 9.59 Å². The number of para-hydroxylation sites is 1. The first-order valence-electron chi connectivity index (χ1n) is 12.3. The molecule has 3 aromatic rings. The van der Waals surface area contributed by atoms with Gasteiger partial charge in [0, 0.05) is 31.1 Å². The lowest BCUT2D eigenvalue weighted by molar-refractivity contribution is -0.126. The quantitative estimate of drug-likeness (QED) is 0.572. The number of aryl methyl sites for hydroxylation is 1. The van der Waals surface area contributed by atoms with Crippen LogP contribution >= 0.6 is 0 Å². The van der Waals surface area contributed by atoms with Gasteiger partial charge in [-0.15, -0.1) is 5.10 Å². The maximum atomic E-state index is 13.2. The van der Waals surface area contributed by atoms with E-state index in [-0.39, 0.29) is 30.4 Å². The Labute approximate surface area is 210 Å². The van der Waals surface area contributed by atoms with E-state index >= 15 is 0 Å². The van der Waals surface area contributed by atoms with E-state index in [4.69, 9.17) is 9.47 Å². The molecule has 2 aromatic carbocycles. The molecule has 1 saturated heterocycles. The van der Waals surface area contributed by atoms with Gasteiger partial charge in [-0.05, 0) is 31.4 Å². The molecule has 9 nitrogen and oxygen atoms in total. The van der Waals surface area contributed by atoms with Crippen LogP contribution in [0.2, 0.25) is 0 Å². The minimum atomic E-state index is -0.151. The SMILES string of the molecule is COc1ccccc1CNC(=O)C1CCN(C(=O)c2nnn3c2CO[C@@H](c2ccc(C)cc2)C3)CC1. The molecule has 0 aliphatic carbocycles. The molecule has 1 aromatic heterocycles. The van der Waals surface area contributed by atoms with Crippen molar-refractivity contribution in [2.75, 3.05) is 20.2 Å². The average molecular weight is 490 g/mol. The highest BCUT2D eigenvalue weighted by molar-refractivity contribution is 5.93. The van der Waals surface area contributed by atoms with Gasteiger partial charge in [-0.25, -0.2) is 4.68 Å². The minimum Gasteiger partial charge on any atom is -0.496 e. The van der Waals surface area contributed by atoms with Gasteiger partial charge in [-0.1, -0.05) is 53.2 Å². The van der Waals surface area contributed by atoms with Crippen LogP contribution in [0.15, 0.2) is 48.5 Å². The number of piperidine rings is 1. The van der Waals surface area contributed by atoms with Gasteiger partial charge in [-0.2, -0.15) is 0 Å². The summed E-state index contributed by atoms with van der Waals surface area (Å²) in [4.78, 5) is 27.7. The zero-order valence-electron chi connectivity index (χ0n) is 20.6. The van der Waals surface area contributed by atoms with E-state index < -0.39 is 0 Å². The first-order valence-corrected chi connectivity index (χ1v) is 12.3. The molecule has 9 heteroatoms. The molecule has 36 heavy (non-hydrogen) atoms. The van der Waals surface area contributed by atoms with Crippen molar-refractivity contribution >= 4 is 11.8 Å². The number of carbonyl (C=O) groups excluding carboxylic acids is 2. The fourth-order valence-corrected chi connectivity index (χ4v) is 4.83. The van der Waals surface area contributed by atoms with Gasteiger partial charge in [-0.3, -0.25) is 9.59 Å². The number of methoxy groups -OCH3 is 1. The fourth-order valence-electron chi connectivity index (χ4n) is 4.83. The van der Waals surface area contributed by atoms with Crippen LogP contribution in [-0.4, -0.2) is 51.9 Å².